The minimum absolute atomic E-state index is 0.294. The minimum Gasteiger partial charge on any atom is -0.357 e. The van der Waals surface area contributed by atoms with E-state index in [9.17, 15) is 5.11 Å². The summed E-state index contributed by atoms with van der Waals surface area (Å²) in [4.78, 5) is 0. The van der Waals surface area contributed by atoms with Crippen molar-refractivity contribution in [2.45, 2.75) is 26.1 Å². The van der Waals surface area contributed by atoms with Crippen LogP contribution in [0.25, 0.3) is 0 Å². The van der Waals surface area contributed by atoms with Gasteiger partial charge in [0.1, 0.15) is 0 Å². The van der Waals surface area contributed by atoms with Crippen LogP contribution in [-0.4, -0.2) is 21.7 Å². The second-order valence-corrected chi connectivity index (χ2v) is 3.36. The van der Waals surface area contributed by atoms with Crippen molar-refractivity contribution in [3.8, 4) is 0 Å². The summed E-state index contributed by atoms with van der Waals surface area (Å²) >= 11 is 0. The third-order valence-electron chi connectivity index (χ3n) is 2.00. The van der Waals surface area contributed by atoms with E-state index in [-0.39, 0.29) is 0 Å². The van der Waals surface area contributed by atoms with Gasteiger partial charge in [-0.1, -0.05) is 13.8 Å². The summed E-state index contributed by atoms with van der Waals surface area (Å²) in [5.41, 5.74) is 2.55. The zero-order valence-corrected chi connectivity index (χ0v) is 7.57. The van der Waals surface area contributed by atoms with Crippen LogP contribution in [0.1, 0.15) is 25.5 Å². The first-order valence-electron chi connectivity index (χ1n) is 4.25. The van der Waals surface area contributed by atoms with Crippen molar-refractivity contribution in [1.82, 2.24) is 10.2 Å². The fraction of sp³-hybridized carbons (Fsp3) is 0.500. The summed E-state index contributed by atoms with van der Waals surface area (Å²) in [6.07, 6.45) is 0.878. The van der Waals surface area contributed by atoms with E-state index in [1.807, 2.05) is 13.8 Å². The van der Waals surface area contributed by atoms with Crippen LogP contribution in [0.15, 0.2) is 6.20 Å². The lowest BCUT2D eigenvalue weighted by atomic mass is 10.1. The second kappa shape index (κ2) is 2.85. The maximum absolute atomic E-state index is 9.28. The number of rotatable bonds is 1. The Morgan fingerprint density at radius 2 is 2.23 bits per heavy atom. The molecule has 70 valence electrons. The molecule has 1 atom stereocenters. The van der Waals surface area contributed by atoms with Crippen molar-refractivity contribution in [2.75, 3.05) is 10.6 Å². The van der Waals surface area contributed by atoms with Gasteiger partial charge in [-0.05, 0) is 5.92 Å². The molecule has 1 aromatic rings. The summed E-state index contributed by atoms with van der Waals surface area (Å²) in [6.45, 7) is 4.08. The Hall–Kier alpha value is -1.36. The van der Waals surface area contributed by atoms with Gasteiger partial charge in [0.2, 0.25) is 6.35 Å². The van der Waals surface area contributed by atoms with E-state index in [1.54, 1.807) is 6.20 Å². The highest BCUT2D eigenvalue weighted by atomic mass is 16.3. The van der Waals surface area contributed by atoms with Crippen molar-refractivity contribution < 1.29 is 5.11 Å². The number of anilines is 2. The van der Waals surface area contributed by atoms with Gasteiger partial charge < -0.3 is 15.7 Å². The van der Waals surface area contributed by atoms with E-state index < -0.39 is 6.35 Å². The molecule has 1 aromatic heterocycles. The molecule has 0 bridgehead atoms. The van der Waals surface area contributed by atoms with Crippen molar-refractivity contribution in [3.05, 3.63) is 11.9 Å². The average molecular weight is 180 g/mol. The van der Waals surface area contributed by atoms with Crippen molar-refractivity contribution in [2.24, 2.45) is 0 Å². The third kappa shape index (κ3) is 1.31. The molecule has 1 unspecified atom stereocenters. The van der Waals surface area contributed by atoms with Crippen molar-refractivity contribution in [3.63, 3.8) is 0 Å². The monoisotopic (exact) mass is 180 g/mol. The van der Waals surface area contributed by atoms with Crippen molar-refractivity contribution >= 4 is 11.4 Å². The number of nitrogens with one attached hydrogen (secondary N) is 2. The van der Waals surface area contributed by atoms with Gasteiger partial charge in [-0.15, -0.1) is 0 Å². The molecule has 5 heteroatoms. The lowest BCUT2D eigenvalue weighted by Crippen LogP contribution is -2.20. The van der Waals surface area contributed by atoms with Gasteiger partial charge in [0.15, 0.2) is 0 Å². The molecule has 0 aliphatic carbocycles. The highest BCUT2D eigenvalue weighted by molar-refractivity contribution is 5.75. The van der Waals surface area contributed by atoms with Crippen LogP contribution in [0, 0.1) is 0 Å². The number of hydrogen-bond acceptors (Lipinski definition) is 5. The first kappa shape index (κ1) is 8.25. The first-order valence-corrected chi connectivity index (χ1v) is 4.25. The summed E-state index contributed by atoms with van der Waals surface area (Å²) in [7, 11) is 0. The van der Waals surface area contributed by atoms with Crippen LogP contribution >= 0.6 is 0 Å². The molecule has 0 aromatic carbocycles. The van der Waals surface area contributed by atoms with Crippen LogP contribution in [-0.2, 0) is 0 Å². The largest absolute Gasteiger partial charge is 0.357 e. The third-order valence-corrected chi connectivity index (χ3v) is 2.00. The molecule has 3 N–H and O–H groups in total. The fourth-order valence-corrected chi connectivity index (χ4v) is 1.39. The van der Waals surface area contributed by atoms with Crippen LogP contribution in [0.2, 0.25) is 0 Å². The molecule has 0 radical (unpaired) electrons. The Bertz CT molecular complexity index is 326. The zero-order valence-electron chi connectivity index (χ0n) is 7.57. The van der Waals surface area contributed by atoms with Gasteiger partial charge in [-0.25, -0.2) is 0 Å². The van der Waals surface area contributed by atoms with E-state index in [4.69, 9.17) is 0 Å². The van der Waals surface area contributed by atoms with E-state index in [0.29, 0.717) is 5.92 Å². The maximum atomic E-state index is 9.28. The summed E-state index contributed by atoms with van der Waals surface area (Å²) in [5, 5.41) is 22.9. The molecule has 1 aliphatic rings. The van der Waals surface area contributed by atoms with Gasteiger partial charge in [0, 0.05) is 0 Å². The molecular weight excluding hydrogens is 168 g/mol. The molecule has 1 aliphatic heterocycles. The Labute approximate surface area is 76.2 Å². The molecule has 0 spiro atoms. The van der Waals surface area contributed by atoms with Crippen LogP contribution in [0.4, 0.5) is 11.4 Å². The zero-order chi connectivity index (χ0) is 9.42. The summed E-state index contributed by atoms with van der Waals surface area (Å²) in [5.74, 6) is 0.294. The van der Waals surface area contributed by atoms with E-state index in [1.165, 1.54) is 0 Å². The minimum atomic E-state index is -0.724. The molecule has 5 nitrogen and oxygen atoms in total. The summed E-state index contributed by atoms with van der Waals surface area (Å²) < 4.78 is 0. The molecule has 0 amide bonds. The number of hydrogen-bond donors (Lipinski definition) is 3. The predicted molar refractivity (Wildman–Crippen MR) is 49.4 cm³/mol. The normalized spacial score (nSPS) is 19.5. The smallest absolute Gasteiger partial charge is 0.203 e. The Morgan fingerprint density at radius 1 is 1.46 bits per heavy atom. The lowest BCUT2D eigenvalue weighted by molar-refractivity contribution is 0.238. The number of aliphatic hydroxyl groups is 1. The van der Waals surface area contributed by atoms with Gasteiger partial charge in [-0.2, -0.15) is 10.2 Å². The lowest BCUT2D eigenvalue weighted by Gasteiger charge is -2.07. The SMILES string of the molecule is CC(C)c1nncc2c1NC(O)N2. The molecule has 0 saturated carbocycles. The quantitative estimate of drug-likeness (QED) is 0.594. The van der Waals surface area contributed by atoms with Crippen LogP contribution < -0.4 is 10.6 Å². The standard InChI is InChI=1S/C8H12N4O/c1-4(2)6-7-5(3-9-12-6)10-8(13)11-7/h3-4,8,10-11,13H,1-2H3. The van der Waals surface area contributed by atoms with Gasteiger partial charge in [-0.3, -0.25) is 0 Å². The van der Waals surface area contributed by atoms with Gasteiger partial charge in [0.25, 0.3) is 0 Å². The Balaban J connectivity index is 2.45. The summed E-state index contributed by atoms with van der Waals surface area (Å²) in [6, 6.07) is 0. The van der Waals surface area contributed by atoms with Gasteiger partial charge >= 0.3 is 0 Å². The van der Waals surface area contributed by atoms with E-state index >= 15 is 0 Å². The van der Waals surface area contributed by atoms with Crippen LogP contribution in [0.5, 0.6) is 0 Å². The van der Waals surface area contributed by atoms with Gasteiger partial charge in [0.05, 0.1) is 23.3 Å². The predicted octanol–water partition coefficient (Wildman–Crippen LogP) is 0.713. The Kier molecular flexibility index (Phi) is 1.81. The van der Waals surface area contributed by atoms with E-state index in [2.05, 4.69) is 20.8 Å². The maximum Gasteiger partial charge on any atom is 0.203 e. The highest BCUT2D eigenvalue weighted by Gasteiger charge is 2.22. The first-order chi connectivity index (χ1) is 6.18. The number of fused-ring (bicyclic) bond motifs is 1. The number of nitrogens with zero attached hydrogens (tertiary/aromatic N) is 2. The molecular formula is C8H12N4O. The van der Waals surface area contributed by atoms with E-state index in [0.717, 1.165) is 17.1 Å². The topological polar surface area (TPSA) is 70.1 Å². The number of aliphatic hydroxyl groups excluding tert-OH is 1. The fourth-order valence-electron chi connectivity index (χ4n) is 1.39. The average Bonchev–Trinajstić information content (AvgIpc) is 2.43. The second-order valence-electron chi connectivity index (χ2n) is 3.36. The Morgan fingerprint density at radius 3 is 2.92 bits per heavy atom. The van der Waals surface area contributed by atoms with Crippen LogP contribution in [0.3, 0.4) is 0 Å². The number of aromatic nitrogens is 2. The molecule has 2 rings (SSSR count). The van der Waals surface area contributed by atoms with Crippen molar-refractivity contribution in [1.29, 1.82) is 0 Å². The molecule has 13 heavy (non-hydrogen) atoms. The highest BCUT2D eigenvalue weighted by Crippen LogP contribution is 2.32. The molecule has 0 saturated heterocycles. The molecule has 0 fully saturated rings. The molecule has 2 heterocycles.